The van der Waals surface area contributed by atoms with E-state index in [9.17, 15) is 4.79 Å². The SMILES string of the molecule is CCOc1cc(/C=C2\SC(=Nc3ccc(CC)cc3)NC2=O)cc(I)c1OCc1cccc2ccccc12. The monoisotopic (exact) mass is 634 g/mol. The Labute approximate surface area is 240 Å². The van der Waals surface area contributed by atoms with Crippen LogP contribution in [0.5, 0.6) is 11.5 Å². The number of aliphatic imine (C=N–C) groups is 1. The summed E-state index contributed by atoms with van der Waals surface area (Å²) in [5.41, 5.74) is 4.04. The van der Waals surface area contributed by atoms with Crippen LogP contribution in [0, 0.1) is 3.57 Å². The van der Waals surface area contributed by atoms with Gasteiger partial charge in [0.05, 0.1) is 20.8 Å². The third kappa shape index (κ3) is 6.05. The number of fused-ring (bicyclic) bond motifs is 1. The van der Waals surface area contributed by atoms with Crippen LogP contribution in [0.15, 0.2) is 88.8 Å². The lowest BCUT2D eigenvalue weighted by Crippen LogP contribution is -2.19. The zero-order valence-electron chi connectivity index (χ0n) is 21.2. The van der Waals surface area contributed by atoms with Crippen LogP contribution < -0.4 is 14.8 Å². The van der Waals surface area contributed by atoms with E-state index in [1.165, 1.54) is 28.1 Å². The van der Waals surface area contributed by atoms with Gasteiger partial charge in [-0.2, -0.15) is 0 Å². The molecule has 4 aromatic rings. The lowest BCUT2D eigenvalue weighted by Gasteiger charge is -2.16. The molecule has 0 spiro atoms. The van der Waals surface area contributed by atoms with Gasteiger partial charge in [0.15, 0.2) is 16.7 Å². The summed E-state index contributed by atoms with van der Waals surface area (Å²) < 4.78 is 13.2. The molecule has 1 aliphatic heterocycles. The molecule has 0 unspecified atom stereocenters. The lowest BCUT2D eigenvalue weighted by atomic mass is 10.1. The highest BCUT2D eigenvalue weighted by molar-refractivity contribution is 14.1. The van der Waals surface area contributed by atoms with Crippen molar-refractivity contribution in [3.8, 4) is 11.5 Å². The molecule has 0 atom stereocenters. The van der Waals surface area contributed by atoms with E-state index in [4.69, 9.17) is 9.47 Å². The summed E-state index contributed by atoms with van der Waals surface area (Å²) in [5, 5.41) is 5.80. The zero-order valence-corrected chi connectivity index (χ0v) is 24.1. The number of aryl methyl sites for hydroxylation is 1. The number of halogens is 1. The Hall–Kier alpha value is -3.30. The Kier molecular flexibility index (Phi) is 8.34. The topological polar surface area (TPSA) is 59.9 Å². The van der Waals surface area contributed by atoms with Gasteiger partial charge in [0.25, 0.3) is 5.91 Å². The van der Waals surface area contributed by atoms with Gasteiger partial charge in [-0.25, -0.2) is 4.99 Å². The first-order valence-corrected chi connectivity index (χ1v) is 14.4. The number of nitrogens with zero attached hydrogens (tertiary/aromatic N) is 1. The minimum absolute atomic E-state index is 0.164. The number of rotatable bonds is 8. The number of ether oxygens (including phenoxy) is 2. The molecule has 0 aromatic heterocycles. The number of thioether (sulfide) groups is 1. The number of carbonyl (C=O) groups is 1. The maximum absolute atomic E-state index is 12.7. The van der Waals surface area contributed by atoms with E-state index in [1.807, 2.05) is 55.5 Å². The quantitative estimate of drug-likeness (QED) is 0.158. The second-order valence-electron chi connectivity index (χ2n) is 8.69. The van der Waals surface area contributed by atoms with Gasteiger partial charge < -0.3 is 14.8 Å². The highest BCUT2D eigenvalue weighted by Gasteiger charge is 2.24. The Morgan fingerprint density at radius 1 is 0.974 bits per heavy atom. The first kappa shape index (κ1) is 26.3. The van der Waals surface area contributed by atoms with E-state index >= 15 is 0 Å². The predicted molar refractivity (Wildman–Crippen MR) is 165 cm³/mol. The fourth-order valence-electron chi connectivity index (χ4n) is 4.20. The summed E-state index contributed by atoms with van der Waals surface area (Å²) >= 11 is 3.60. The van der Waals surface area contributed by atoms with Gasteiger partial charge in [-0.1, -0.05) is 61.5 Å². The van der Waals surface area contributed by atoms with Crippen LogP contribution in [0.1, 0.15) is 30.5 Å². The number of amides is 1. The van der Waals surface area contributed by atoms with Crippen LogP contribution in [0.25, 0.3) is 16.8 Å². The first-order chi connectivity index (χ1) is 18.5. The maximum Gasteiger partial charge on any atom is 0.264 e. The minimum Gasteiger partial charge on any atom is -0.490 e. The average molecular weight is 635 g/mol. The molecule has 1 fully saturated rings. The molecule has 0 saturated carbocycles. The summed E-state index contributed by atoms with van der Waals surface area (Å²) in [4.78, 5) is 17.8. The van der Waals surface area contributed by atoms with Crippen molar-refractivity contribution < 1.29 is 14.3 Å². The fraction of sp³-hybridized carbons (Fsp3) is 0.161. The van der Waals surface area contributed by atoms with Crippen LogP contribution in [-0.2, 0) is 17.8 Å². The van der Waals surface area contributed by atoms with E-state index < -0.39 is 0 Å². The molecule has 38 heavy (non-hydrogen) atoms. The maximum atomic E-state index is 12.7. The molecule has 1 N–H and O–H groups in total. The van der Waals surface area contributed by atoms with Crippen LogP contribution in [0.3, 0.4) is 0 Å². The highest BCUT2D eigenvalue weighted by atomic mass is 127. The Bertz CT molecular complexity index is 1540. The van der Waals surface area contributed by atoms with E-state index in [0.717, 1.165) is 26.8 Å². The number of hydrogen-bond acceptors (Lipinski definition) is 5. The van der Waals surface area contributed by atoms with Crippen molar-refractivity contribution in [2.24, 2.45) is 4.99 Å². The molecule has 5 rings (SSSR count). The molecule has 0 aliphatic carbocycles. The van der Waals surface area contributed by atoms with Gasteiger partial charge in [-0.15, -0.1) is 0 Å². The highest BCUT2D eigenvalue weighted by Crippen LogP contribution is 2.37. The number of carbonyl (C=O) groups excluding carboxylic acids is 1. The molecule has 4 aromatic carbocycles. The van der Waals surface area contributed by atoms with E-state index in [1.54, 1.807) is 0 Å². The van der Waals surface area contributed by atoms with E-state index in [-0.39, 0.29) is 5.91 Å². The molecular formula is C31H27IN2O3S. The molecule has 192 valence electrons. The molecular weight excluding hydrogens is 607 g/mol. The van der Waals surface area contributed by atoms with Crippen LogP contribution in [-0.4, -0.2) is 17.7 Å². The first-order valence-electron chi connectivity index (χ1n) is 12.5. The van der Waals surface area contributed by atoms with E-state index in [0.29, 0.717) is 34.8 Å². The van der Waals surface area contributed by atoms with Crippen LogP contribution >= 0.6 is 34.4 Å². The van der Waals surface area contributed by atoms with Crippen molar-refractivity contribution in [3.63, 3.8) is 0 Å². The third-order valence-electron chi connectivity index (χ3n) is 6.11. The van der Waals surface area contributed by atoms with Gasteiger partial charge in [0.1, 0.15) is 6.61 Å². The van der Waals surface area contributed by atoms with Gasteiger partial charge >= 0.3 is 0 Å². The number of amidine groups is 1. The van der Waals surface area contributed by atoms with Gasteiger partial charge in [-0.05, 0) is 106 Å². The predicted octanol–water partition coefficient (Wildman–Crippen LogP) is 7.88. The third-order valence-corrected chi connectivity index (χ3v) is 7.82. The Morgan fingerprint density at radius 3 is 2.55 bits per heavy atom. The summed E-state index contributed by atoms with van der Waals surface area (Å²) in [5.74, 6) is 1.19. The standard InChI is InChI=1S/C31H27IN2O3S/c1-3-20-12-14-24(15-13-20)33-31-34-30(35)28(38-31)18-21-16-26(32)29(27(17-21)36-4-2)37-19-23-10-7-9-22-8-5-6-11-25(22)23/h5-18H,3-4,19H2,1-2H3,(H,33,34,35)/b28-18-. The van der Waals surface area contributed by atoms with Gasteiger partial charge in [-0.3, -0.25) is 4.79 Å². The molecule has 5 nitrogen and oxygen atoms in total. The molecule has 1 aliphatic rings. The largest absolute Gasteiger partial charge is 0.490 e. The summed E-state index contributed by atoms with van der Waals surface area (Å²) in [6.07, 6.45) is 2.84. The minimum atomic E-state index is -0.164. The second kappa shape index (κ2) is 12.0. The number of hydrogen-bond donors (Lipinski definition) is 1. The van der Waals surface area contributed by atoms with Gasteiger partial charge in [0, 0.05) is 0 Å². The molecule has 1 amide bonds. The van der Waals surface area contributed by atoms with Crippen molar-refractivity contribution in [3.05, 3.63) is 104 Å². The summed E-state index contributed by atoms with van der Waals surface area (Å²) in [6, 6.07) is 26.5. The molecule has 0 radical (unpaired) electrons. The summed E-state index contributed by atoms with van der Waals surface area (Å²) in [7, 11) is 0. The zero-order chi connectivity index (χ0) is 26.5. The Morgan fingerprint density at radius 2 is 1.76 bits per heavy atom. The fourth-order valence-corrected chi connectivity index (χ4v) is 5.82. The number of benzene rings is 4. The van der Waals surface area contributed by atoms with Crippen molar-refractivity contribution in [2.75, 3.05) is 6.61 Å². The average Bonchev–Trinajstić information content (AvgIpc) is 3.26. The molecule has 1 saturated heterocycles. The van der Waals surface area contributed by atoms with E-state index in [2.05, 4.69) is 76.2 Å². The van der Waals surface area contributed by atoms with Crippen LogP contribution in [0.4, 0.5) is 5.69 Å². The van der Waals surface area contributed by atoms with Crippen molar-refractivity contribution in [2.45, 2.75) is 26.9 Å². The summed E-state index contributed by atoms with van der Waals surface area (Å²) in [6.45, 7) is 4.99. The second-order valence-corrected chi connectivity index (χ2v) is 10.9. The van der Waals surface area contributed by atoms with Crippen LogP contribution in [0.2, 0.25) is 0 Å². The lowest BCUT2D eigenvalue weighted by molar-refractivity contribution is -0.115. The van der Waals surface area contributed by atoms with Crippen molar-refractivity contribution in [1.29, 1.82) is 0 Å². The van der Waals surface area contributed by atoms with Crippen molar-refractivity contribution >= 4 is 68.0 Å². The molecule has 1 heterocycles. The Balaban J connectivity index is 1.37. The molecule has 0 bridgehead atoms. The smallest absolute Gasteiger partial charge is 0.264 e. The van der Waals surface area contributed by atoms with Gasteiger partial charge in [0.2, 0.25) is 0 Å². The molecule has 7 heteroatoms. The normalized spacial score (nSPS) is 15.3. The van der Waals surface area contributed by atoms with Crippen molar-refractivity contribution in [1.82, 2.24) is 5.32 Å². The number of nitrogens with one attached hydrogen (secondary N) is 1.